The van der Waals surface area contributed by atoms with Crippen molar-refractivity contribution in [1.82, 2.24) is 5.32 Å². The summed E-state index contributed by atoms with van der Waals surface area (Å²) in [5.41, 5.74) is 2.64. The van der Waals surface area contributed by atoms with E-state index in [1.165, 1.54) is 4.31 Å². The second-order valence-corrected chi connectivity index (χ2v) is 9.12. The van der Waals surface area contributed by atoms with E-state index in [1.54, 1.807) is 7.05 Å². The maximum Gasteiger partial charge on any atom is 0.236 e. The summed E-state index contributed by atoms with van der Waals surface area (Å²) in [4.78, 5) is 4.18. The molecule has 0 amide bonds. The molecule has 0 fully saturated rings. The molecule has 0 aliphatic carbocycles. The first-order valence-corrected chi connectivity index (χ1v) is 11.6. The van der Waals surface area contributed by atoms with Crippen molar-refractivity contribution in [3.05, 3.63) is 48.0 Å². The Morgan fingerprint density at radius 1 is 1.13 bits per heavy atom. The summed E-state index contributed by atoms with van der Waals surface area (Å²) in [5, 5.41) is 6.24. The van der Waals surface area contributed by atoms with Gasteiger partial charge in [0.1, 0.15) is 0 Å². The van der Waals surface area contributed by atoms with Crippen LogP contribution in [0.1, 0.15) is 12.0 Å². The molecule has 4 rings (SSSR count). The zero-order valence-corrected chi connectivity index (χ0v) is 20.5. The van der Waals surface area contributed by atoms with Gasteiger partial charge < -0.3 is 20.1 Å². The second-order valence-electron chi connectivity index (χ2n) is 7.10. The minimum atomic E-state index is -3.41. The van der Waals surface area contributed by atoms with Crippen molar-refractivity contribution in [3.63, 3.8) is 0 Å². The van der Waals surface area contributed by atoms with Crippen molar-refractivity contribution in [3.8, 4) is 11.5 Å². The summed E-state index contributed by atoms with van der Waals surface area (Å²) < 4.78 is 38.5. The van der Waals surface area contributed by atoms with E-state index in [0.717, 1.165) is 35.5 Å². The summed E-state index contributed by atoms with van der Waals surface area (Å²) >= 11 is 0. The average Bonchev–Trinajstić information content (AvgIpc) is 3.05. The highest BCUT2D eigenvalue weighted by Gasteiger charge is 2.28. The minimum absolute atomic E-state index is 0. The zero-order valence-electron chi connectivity index (χ0n) is 17.3. The van der Waals surface area contributed by atoms with E-state index in [4.69, 9.17) is 9.47 Å². The quantitative estimate of drug-likeness (QED) is 0.333. The Balaban J connectivity index is 0.00000272. The highest BCUT2D eigenvalue weighted by Crippen LogP contribution is 2.32. The molecule has 2 aromatic carbocycles. The van der Waals surface area contributed by atoms with Crippen molar-refractivity contribution in [2.24, 2.45) is 4.99 Å². The molecule has 0 atom stereocenters. The Morgan fingerprint density at radius 2 is 1.90 bits per heavy atom. The normalized spacial score (nSPS) is 15.5. The molecule has 0 radical (unpaired) electrons. The van der Waals surface area contributed by atoms with Crippen LogP contribution in [0.4, 0.5) is 11.4 Å². The largest absolute Gasteiger partial charge is 0.490 e. The Labute approximate surface area is 200 Å². The van der Waals surface area contributed by atoms with Crippen LogP contribution in [-0.2, 0) is 16.4 Å². The Bertz CT molecular complexity index is 1050. The standard InChI is InChI=1S/C21H26N4O4S.HI/c1-22-21(24-17-7-8-19-20(15-17)29-13-4-12-28-19)23-10-14-30(26,27)25-11-9-16-5-2-3-6-18(16)25;/h2-3,5-8,15H,4,9-14H2,1H3,(H2,22,23,24);1H. The number of guanidine groups is 1. The number of halogens is 1. The van der Waals surface area contributed by atoms with E-state index in [1.807, 2.05) is 42.5 Å². The first-order valence-electron chi connectivity index (χ1n) is 10.0. The highest BCUT2D eigenvalue weighted by molar-refractivity contribution is 14.0. The van der Waals surface area contributed by atoms with Gasteiger partial charge in [-0.3, -0.25) is 9.30 Å². The third kappa shape index (κ3) is 5.53. The molecule has 0 unspecified atom stereocenters. The van der Waals surface area contributed by atoms with Gasteiger partial charge in [-0.05, 0) is 30.2 Å². The smallest absolute Gasteiger partial charge is 0.236 e. The van der Waals surface area contributed by atoms with Crippen LogP contribution in [0, 0.1) is 0 Å². The summed E-state index contributed by atoms with van der Waals surface area (Å²) in [5.74, 6) is 1.87. The summed E-state index contributed by atoms with van der Waals surface area (Å²) in [6, 6.07) is 13.2. The fourth-order valence-electron chi connectivity index (χ4n) is 3.56. The van der Waals surface area contributed by atoms with E-state index in [-0.39, 0.29) is 36.3 Å². The third-order valence-corrected chi connectivity index (χ3v) is 6.84. The minimum Gasteiger partial charge on any atom is -0.490 e. The van der Waals surface area contributed by atoms with E-state index in [9.17, 15) is 8.42 Å². The van der Waals surface area contributed by atoms with Gasteiger partial charge >= 0.3 is 0 Å². The van der Waals surface area contributed by atoms with Gasteiger partial charge in [0.15, 0.2) is 17.5 Å². The van der Waals surface area contributed by atoms with Gasteiger partial charge in [-0.1, -0.05) is 18.2 Å². The zero-order chi connectivity index (χ0) is 21.0. The molecule has 0 aromatic heterocycles. The average molecular weight is 558 g/mol. The van der Waals surface area contributed by atoms with E-state index in [2.05, 4.69) is 15.6 Å². The number of ether oxygens (including phenoxy) is 2. The fraction of sp³-hybridized carbons (Fsp3) is 0.381. The second kappa shape index (κ2) is 10.4. The lowest BCUT2D eigenvalue weighted by Gasteiger charge is -2.20. The third-order valence-electron chi connectivity index (χ3n) is 5.07. The predicted molar refractivity (Wildman–Crippen MR) is 134 cm³/mol. The van der Waals surface area contributed by atoms with Gasteiger partial charge in [0.2, 0.25) is 10.0 Å². The van der Waals surface area contributed by atoms with Gasteiger partial charge in [-0.2, -0.15) is 0 Å². The predicted octanol–water partition coefficient (Wildman–Crippen LogP) is 2.85. The summed E-state index contributed by atoms with van der Waals surface area (Å²) in [6.45, 7) is 1.98. The van der Waals surface area contributed by atoms with Gasteiger partial charge in [0.05, 0.1) is 24.7 Å². The van der Waals surface area contributed by atoms with Crippen LogP contribution in [0.3, 0.4) is 0 Å². The Morgan fingerprint density at radius 3 is 2.71 bits per heavy atom. The number of aliphatic imine (C=N–C) groups is 1. The number of benzene rings is 2. The number of nitrogens with one attached hydrogen (secondary N) is 2. The molecule has 2 aliphatic heterocycles. The molecule has 2 aliphatic rings. The van der Waals surface area contributed by atoms with E-state index >= 15 is 0 Å². The lowest BCUT2D eigenvalue weighted by Crippen LogP contribution is -2.39. The van der Waals surface area contributed by atoms with E-state index < -0.39 is 10.0 Å². The monoisotopic (exact) mass is 558 g/mol. The van der Waals surface area contributed by atoms with Crippen LogP contribution < -0.4 is 24.4 Å². The lowest BCUT2D eigenvalue weighted by molar-refractivity contribution is 0.297. The van der Waals surface area contributed by atoms with Crippen LogP contribution in [0.25, 0.3) is 0 Å². The van der Waals surface area contributed by atoms with Crippen molar-refractivity contribution in [1.29, 1.82) is 0 Å². The van der Waals surface area contributed by atoms with Gasteiger partial charge in [-0.15, -0.1) is 24.0 Å². The summed E-state index contributed by atoms with van der Waals surface area (Å²) in [6.07, 6.45) is 1.59. The summed E-state index contributed by atoms with van der Waals surface area (Å²) in [7, 11) is -1.77. The number of hydrogen-bond acceptors (Lipinski definition) is 5. The molecule has 0 spiro atoms. The van der Waals surface area contributed by atoms with Crippen molar-refractivity contribution in [2.45, 2.75) is 12.8 Å². The maximum atomic E-state index is 12.8. The lowest BCUT2D eigenvalue weighted by atomic mass is 10.2. The molecular weight excluding hydrogens is 531 g/mol. The molecule has 0 bridgehead atoms. The van der Waals surface area contributed by atoms with Crippen LogP contribution in [0.15, 0.2) is 47.5 Å². The van der Waals surface area contributed by atoms with Crippen molar-refractivity contribution < 1.29 is 17.9 Å². The number of fused-ring (bicyclic) bond motifs is 2. The number of sulfonamides is 1. The molecule has 168 valence electrons. The van der Waals surface area contributed by atoms with Crippen LogP contribution in [-0.4, -0.2) is 53.5 Å². The van der Waals surface area contributed by atoms with Crippen LogP contribution in [0.2, 0.25) is 0 Å². The van der Waals surface area contributed by atoms with Crippen LogP contribution >= 0.6 is 24.0 Å². The SMILES string of the molecule is CN=C(NCCS(=O)(=O)N1CCc2ccccc21)Nc1ccc2c(c1)OCCCO2.I. The molecule has 2 heterocycles. The molecule has 8 nitrogen and oxygen atoms in total. The topological polar surface area (TPSA) is 92.3 Å². The van der Waals surface area contributed by atoms with Gasteiger partial charge in [0, 0.05) is 38.3 Å². The number of rotatable bonds is 5. The molecule has 0 saturated carbocycles. The number of anilines is 2. The van der Waals surface area contributed by atoms with Crippen LogP contribution in [0.5, 0.6) is 11.5 Å². The Kier molecular flexibility index (Phi) is 7.87. The molecule has 31 heavy (non-hydrogen) atoms. The fourth-order valence-corrected chi connectivity index (χ4v) is 4.99. The van der Waals surface area contributed by atoms with Gasteiger partial charge in [0.25, 0.3) is 0 Å². The molecule has 10 heteroatoms. The molecular formula is C21H27IN4O4S. The first-order chi connectivity index (χ1) is 14.6. The maximum absolute atomic E-state index is 12.8. The van der Waals surface area contributed by atoms with E-state index in [0.29, 0.717) is 31.5 Å². The Hall–Kier alpha value is -2.21. The molecule has 2 N–H and O–H groups in total. The highest BCUT2D eigenvalue weighted by atomic mass is 127. The van der Waals surface area contributed by atoms with Crippen molar-refractivity contribution in [2.75, 3.05) is 48.7 Å². The van der Waals surface area contributed by atoms with Gasteiger partial charge in [-0.25, -0.2) is 8.42 Å². The number of para-hydroxylation sites is 1. The number of hydrogen-bond donors (Lipinski definition) is 2. The first kappa shape index (κ1) is 23.5. The number of nitrogens with zero attached hydrogens (tertiary/aromatic N) is 2. The molecule has 0 saturated heterocycles. The van der Waals surface area contributed by atoms with Crippen molar-refractivity contribution >= 4 is 51.3 Å². The molecule has 2 aromatic rings.